The van der Waals surface area contributed by atoms with Crippen LogP contribution < -0.4 is 5.32 Å². The second-order valence-corrected chi connectivity index (χ2v) is 5.16. The van der Waals surface area contributed by atoms with Gasteiger partial charge in [-0.05, 0) is 43.1 Å². The van der Waals surface area contributed by atoms with Gasteiger partial charge in [-0.3, -0.25) is 0 Å². The highest BCUT2D eigenvalue weighted by molar-refractivity contribution is 5.57. The van der Waals surface area contributed by atoms with E-state index in [9.17, 15) is 4.39 Å². The van der Waals surface area contributed by atoms with Gasteiger partial charge < -0.3 is 9.73 Å². The first-order valence-corrected chi connectivity index (χ1v) is 6.47. The van der Waals surface area contributed by atoms with Gasteiger partial charge in [-0.25, -0.2) is 9.37 Å². The molecule has 4 heteroatoms. The lowest BCUT2D eigenvalue weighted by atomic mass is 10.1. The van der Waals surface area contributed by atoms with Crippen LogP contribution in [-0.2, 0) is 6.54 Å². The highest BCUT2D eigenvalue weighted by Gasteiger charge is 2.08. The molecule has 0 aliphatic rings. The Balaban J connectivity index is 2.07. The van der Waals surface area contributed by atoms with Crippen LogP contribution in [0.3, 0.4) is 0 Å². The van der Waals surface area contributed by atoms with E-state index in [1.807, 2.05) is 13.0 Å². The maximum atomic E-state index is 13.3. The van der Waals surface area contributed by atoms with Crippen molar-refractivity contribution >= 4 is 0 Å². The predicted molar refractivity (Wildman–Crippen MR) is 73.2 cm³/mol. The molecule has 1 aromatic carbocycles. The average Bonchev–Trinajstić information content (AvgIpc) is 2.76. The number of benzene rings is 1. The Morgan fingerprint density at radius 1 is 1.32 bits per heavy atom. The summed E-state index contributed by atoms with van der Waals surface area (Å²) in [4.78, 5) is 4.20. The van der Waals surface area contributed by atoms with E-state index in [1.165, 1.54) is 12.1 Å². The highest BCUT2D eigenvalue weighted by Crippen LogP contribution is 2.22. The summed E-state index contributed by atoms with van der Waals surface area (Å²) in [6, 6.07) is 4.83. The smallest absolute Gasteiger partial charge is 0.208 e. The van der Waals surface area contributed by atoms with Gasteiger partial charge in [0.15, 0.2) is 5.76 Å². The molecule has 3 nitrogen and oxygen atoms in total. The monoisotopic (exact) mass is 262 g/mol. The molecular formula is C15H19FN2O. The van der Waals surface area contributed by atoms with Crippen LogP contribution in [0.4, 0.5) is 4.39 Å². The number of oxazole rings is 1. The van der Waals surface area contributed by atoms with Crippen LogP contribution in [-0.4, -0.2) is 11.5 Å². The summed E-state index contributed by atoms with van der Waals surface area (Å²) in [5.74, 6) is 1.55. The molecule has 0 atom stereocenters. The van der Waals surface area contributed by atoms with Crippen molar-refractivity contribution in [2.75, 3.05) is 6.54 Å². The number of aryl methyl sites for hydroxylation is 1. The van der Waals surface area contributed by atoms with Crippen molar-refractivity contribution in [3.05, 3.63) is 41.7 Å². The lowest BCUT2D eigenvalue weighted by molar-refractivity contribution is 0.458. The number of nitrogens with one attached hydrogen (secondary N) is 1. The van der Waals surface area contributed by atoms with E-state index in [-0.39, 0.29) is 5.82 Å². The first-order valence-electron chi connectivity index (χ1n) is 6.47. The quantitative estimate of drug-likeness (QED) is 0.895. The molecule has 2 aromatic rings. The van der Waals surface area contributed by atoms with Crippen LogP contribution in [0, 0.1) is 18.7 Å². The standard InChI is InChI=1S/C15H19FN2O/c1-10(2)7-17-9-15-18-8-14(19-15)12-4-11(3)5-13(16)6-12/h4-6,8,10,17H,7,9H2,1-3H3. The largest absolute Gasteiger partial charge is 0.439 e. The normalized spacial score (nSPS) is 11.2. The Labute approximate surface area is 112 Å². The number of hydrogen-bond donors (Lipinski definition) is 1. The van der Waals surface area contributed by atoms with Crippen molar-refractivity contribution in [1.29, 1.82) is 0 Å². The number of rotatable bonds is 5. The third-order valence-electron chi connectivity index (χ3n) is 2.71. The second kappa shape index (κ2) is 5.97. The van der Waals surface area contributed by atoms with Crippen molar-refractivity contribution in [2.45, 2.75) is 27.3 Å². The summed E-state index contributed by atoms with van der Waals surface area (Å²) < 4.78 is 19.0. The molecule has 1 aromatic heterocycles. The molecule has 0 saturated heterocycles. The van der Waals surface area contributed by atoms with Crippen molar-refractivity contribution in [2.24, 2.45) is 5.92 Å². The summed E-state index contributed by atoms with van der Waals surface area (Å²) in [7, 11) is 0. The minimum absolute atomic E-state index is 0.258. The Bertz CT molecular complexity index is 529. The zero-order valence-electron chi connectivity index (χ0n) is 11.5. The first-order chi connectivity index (χ1) is 9.04. The molecule has 102 valence electrons. The van der Waals surface area contributed by atoms with E-state index < -0.39 is 0 Å². The molecule has 0 aliphatic heterocycles. The zero-order chi connectivity index (χ0) is 13.8. The summed E-state index contributed by atoms with van der Waals surface area (Å²) in [5.41, 5.74) is 1.59. The van der Waals surface area contributed by atoms with Gasteiger partial charge in [0.2, 0.25) is 5.89 Å². The molecule has 0 fully saturated rings. The molecule has 1 N–H and O–H groups in total. The van der Waals surface area contributed by atoms with Crippen molar-refractivity contribution in [3.8, 4) is 11.3 Å². The van der Waals surface area contributed by atoms with E-state index in [2.05, 4.69) is 24.1 Å². The summed E-state index contributed by atoms with van der Waals surface area (Å²) in [5, 5.41) is 3.26. The van der Waals surface area contributed by atoms with Gasteiger partial charge in [-0.15, -0.1) is 0 Å². The summed E-state index contributed by atoms with van der Waals surface area (Å²) in [6.45, 7) is 7.64. The fourth-order valence-electron chi connectivity index (χ4n) is 1.87. The molecule has 0 bridgehead atoms. The maximum absolute atomic E-state index is 13.3. The predicted octanol–water partition coefficient (Wildman–Crippen LogP) is 3.53. The number of hydrogen-bond acceptors (Lipinski definition) is 3. The van der Waals surface area contributed by atoms with Crippen LogP contribution in [0.25, 0.3) is 11.3 Å². The van der Waals surface area contributed by atoms with E-state index in [0.717, 1.165) is 17.7 Å². The Morgan fingerprint density at radius 2 is 2.11 bits per heavy atom. The van der Waals surface area contributed by atoms with Crippen LogP contribution in [0.15, 0.2) is 28.8 Å². The summed E-state index contributed by atoms with van der Waals surface area (Å²) >= 11 is 0. The molecule has 0 saturated carbocycles. The average molecular weight is 262 g/mol. The zero-order valence-corrected chi connectivity index (χ0v) is 11.5. The van der Waals surface area contributed by atoms with Crippen LogP contribution in [0.2, 0.25) is 0 Å². The lowest BCUT2D eigenvalue weighted by Crippen LogP contribution is -2.18. The maximum Gasteiger partial charge on any atom is 0.208 e. The third-order valence-corrected chi connectivity index (χ3v) is 2.71. The van der Waals surface area contributed by atoms with E-state index in [4.69, 9.17) is 4.42 Å². The van der Waals surface area contributed by atoms with Crippen LogP contribution >= 0.6 is 0 Å². The number of halogens is 1. The number of nitrogens with zero attached hydrogens (tertiary/aromatic N) is 1. The molecule has 0 amide bonds. The van der Waals surface area contributed by atoms with Gasteiger partial charge in [-0.1, -0.05) is 13.8 Å². The molecule has 2 rings (SSSR count). The first kappa shape index (κ1) is 13.7. The van der Waals surface area contributed by atoms with Crippen LogP contribution in [0.1, 0.15) is 25.3 Å². The van der Waals surface area contributed by atoms with E-state index >= 15 is 0 Å². The molecule has 0 aliphatic carbocycles. The summed E-state index contributed by atoms with van der Waals surface area (Å²) in [6.07, 6.45) is 1.64. The minimum Gasteiger partial charge on any atom is -0.439 e. The molecule has 0 unspecified atom stereocenters. The van der Waals surface area contributed by atoms with Crippen LogP contribution in [0.5, 0.6) is 0 Å². The number of aromatic nitrogens is 1. The minimum atomic E-state index is -0.258. The molecule has 0 radical (unpaired) electrons. The van der Waals surface area contributed by atoms with E-state index in [0.29, 0.717) is 24.1 Å². The molecule has 1 heterocycles. The van der Waals surface area contributed by atoms with Crippen molar-refractivity contribution in [3.63, 3.8) is 0 Å². The third kappa shape index (κ3) is 3.89. The van der Waals surface area contributed by atoms with Gasteiger partial charge in [-0.2, -0.15) is 0 Å². The second-order valence-electron chi connectivity index (χ2n) is 5.16. The fraction of sp³-hybridized carbons (Fsp3) is 0.400. The fourth-order valence-corrected chi connectivity index (χ4v) is 1.87. The Kier molecular flexibility index (Phi) is 4.32. The van der Waals surface area contributed by atoms with Gasteiger partial charge in [0.05, 0.1) is 12.7 Å². The van der Waals surface area contributed by atoms with Gasteiger partial charge >= 0.3 is 0 Å². The van der Waals surface area contributed by atoms with Gasteiger partial charge in [0.1, 0.15) is 5.82 Å². The van der Waals surface area contributed by atoms with Gasteiger partial charge in [0, 0.05) is 5.56 Å². The molecular weight excluding hydrogens is 243 g/mol. The molecule has 19 heavy (non-hydrogen) atoms. The Morgan fingerprint density at radius 3 is 2.79 bits per heavy atom. The van der Waals surface area contributed by atoms with Crippen molar-refractivity contribution < 1.29 is 8.81 Å². The highest BCUT2D eigenvalue weighted by atomic mass is 19.1. The Hall–Kier alpha value is -1.68. The topological polar surface area (TPSA) is 38.1 Å². The van der Waals surface area contributed by atoms with Crippen molar-refractivity contribution in [1.82, 2.24) is 10.3 Å². The molecule has 0 spiro atoms. The SMILES string of the molecule is Cc1cc(F)cc(-c2cnc(CNCC(C)C)o2)c1. The lowest BCUT2D eigenvalue weighted by Gasteiger charge is -2.04. The van der Waals surface area contributed by atoms with Gasteiger partial charge in [0.25, 0.3) is 0 Å². The van der Waals surface area contributed by atoms with E-state index in [1.54, 1.807) is 6.20 Å².